The number of fused-ring (bicyclic) bond motifs is 4. The Kier molecular flexibility index (Phi) is 19.1. The van der Waals surface area contributed by atoms with Crippen LogP contribution in [0.1, 0.15) is 201 Å². The number of carbonyl (C=O) groups is 2. The molecule has 0 heterocycles. The molecular formula is C62H82O4. The van der Waals surface area contributed by atoms with E-state index in [1.54, 1.807) is 6.07 Å². The molecule has 0 saturated carbocycles. The van der Waals surface area contributed by atoms with E-state index < -0.39 is 11.9 Å². The molecule has 0 aromatic heterocycles. The van der Waals surface area contributed by atoms with Gasteiger partial charge in [0.25, 0.3) is 0 Å². The minimum absolute atomic E-state index is 0.0344. The van der Waals surface area contributed by atoms with Crippen molar-refractivity contribution >= 4 is 55.0 Å². The number of carbonyl (C=O) groups excluding carboxylic acids is 1. The molecule has 0 amide bonds. The van der Waals surface area contributed by atoms with Crippen LogP contribution >= 0.6 is 0 Å². The second kappa shape index (κ2) is 24.9. The van der Waals surface area contributed by atoms with Crippen molar-refractivity contribution < 1.29 is 19.4 Å². The summed E-state index contributed by atoms with van der Waals surface area (Å²) in [6.45, 7) is 18.2. The van der Waals surface area contributed by atoms with E-state index in [0.717, 1.165) is 111 Å². The van der Waals surface area contributed by atoms with E-state index in [1.807, 2.05) is 12.1 Å². The molecular weight excluding hydrogens is 809 g/mol. The van der Waals surface area contributed by atoms with Gasteiger partial charge in [-0.15, -0.1) is 0 Å². The first-order chi connectivity index (χ1) is 32.2. The SMILES string of the molecule is CCCCC(CC)Cc1c2ccccc2c(CC(CC)CCCC)c2cc(C(=O)Oc3c(C(=O)O)ccc4c(CC(CC)CCCC)c5ccccc5c(CC(CC)CCCC)c34)ccc12. The monoisotopic (exact) mass is 891 g/mol. The van der Waals surface area contributed by atoms with Crippen molar-refractivity contribution in [3.63, 3.8) is 0 Å². The average molecular weight is 891 g/mol. The van der Waals surface area contributed by atoms with Crippen molar-refractivity contribution in [2.24, 2.45) is 23.7 Å². The number of carboxylic acid groups (broad SMARTS) is 1. The lowest BCUT2D eigenvalue weighted by Gasteiger charge is -2.25. The summed E-state index contributed by atoms with van der Waals surface area (Å²) in [6, 6.07) is 27.6. The Morgan fingerprint density at radius 3 is 1.23 bits per heavy atom. The number of hydrogen-bond acceptors (Lipinski definition) is 3. The summed E-state index contributed by atoms with van der Waals surface area (Å²) < 4.78 is 6.71. The van der Waals surface area contributed by atoms with Crippen molar-refractivity contribution in [1.82, 2.24) is 0 Å². The Bertz CT molecular complexity index is 2550. The molecule has 0 aliphatic carbocycles. The topological polar surface area (TPSA) is 63.6 Å². The van der Waals surface area contributed by atoms with Crippen LogP contribution in [0.3, 0.4) is 0 Å². The van der Waals surface area contributed by atoms with Crippen LogP contribution < -0.4 is 4.74 Å². The molecule has 6 rings (SSSR count). The highest BCUT2D eigenvalue weighted by Gasteiger charge is 2.28. The minimum atomic E-state index is -1.09. The summed E-state index contributed by atoms with van der Waals surface area (Å²) in [7, 11) is 0. The van der Waals surface area contributed by atoms with Gasteiger partial charge in [0.05, 0.1) is 5.56 Å². The smallest absolute Gasteiger partial charge is 0.343 e. The van der Waals surface area contributed by atoms with Crippen molar-refractivity contribution in [2.75, 3.05) is 0 Å². The molecule has 0 fully saturated rings. The van der Waals surface area contributed by atoms with Gasteiger partial charge in [0.2, 0.25) is 0 Å². The fraction of sp³-hybridized carbons (Fsp3) is 0.516. The van der Waals surface area contributed by atoms with E-state index in [1.165, 1.54) is 83.2 Å². The molecule has 0 aliphatic rings. The quantitative estimate of drug-likeness (QED) is 0.0318. The molecule has 0 spiro atoms. The summed E-state index contributed by atoms with van der Waals surface area (Å²) in [6.07, 6.45) is 21.9. The molecule has 66 heavy (non-hydrogen) atoms. The fourth-order valence-corrected chi connectivity index (χ4v) is 11.1. The number of hydrogen-bond donors (Lipinski definition) is 1. The number of unbranched alkanes of at least 4 members (excludes halogenated alkanes) is 4. The average Bonchev–Trinajstić information content (AvgIpc) is 3.34. The van der Waals surface area contributed by atoms with Crippen LogP contribution in [0.2, 0.25) is 0 Å². The second-order valence-electron chi connectivity index (χ2n) is 19.8. The van der Waals surface area contributed by atoms with Crippen LogP contribution in [-0.2, 0) is 25.7 Å². The lowest BCUT2D eigenvalue weighted by Crippen LogP contribution is -2.15. The largest absolute Gasteiger partial charge is 0.478 e. The predicted molar refractivity (Wildman–Crippen MR) is 283 cm³/mol. The highest BCUT2D eigenvalue weighted by atomic mass is 16.5. The second-order valence-corrected chi connectivity index (χ2v) is 19.8. The third kappa shape index (κ3) is 11.7. The zero-order valence-electron chi connectivity index (χ0n) is 42.1. The summed E-state index contributed by atoms with van der Waals surface area (Å²) in [4.78, 5) is 28.5. The zero-order chi connectivity index (χ0) is 47.2. The van der Waals surface area contributed by atoms with E-state index in [9.17, 15) is 9.90 Å². The van der Waals surface area contributed by atoms with Gasteiger partial charge in [0.15, 0.2) is 5.75 Å². The molecule has 4 nitrogen and oxygen atoms in total. The van der Waals surface area contributed by atoms with Gasteiger partial charge in [0.1, 0.15) is 5.56 Å². The van der Waals surface area contributed by atoms with E-state index in [-0.39, 0.29) is 11.3 Å². The van der Waals surface area contributed by atoms with E-state index >= 15 is 4.79 Å². The molecule has 4 atom stereocenters. The molecule has 4 unspecified atom stereocenters. The number of aromatic carboxylic acids is 1. The molecule has 0 bridgehead atoms. The Morgan fingerprint density at radius 2 is 0.818 bits per heavy atom. The van der Waals surface area contributed by atoms with Gasteiger partial charge < -0.3 is 9.84 Å². The number of carboxylic acids is 1. The number of benzene rings is 6. The lowest BCUT2D eigenvalue weighted by atomic mass is 9.81. The molecule has 6 aromatic rings. The van der Waals surface area contributed by atoms with Gasteiger partial charge >= 0.3 is 11.9 Å². The van der Waals surface area contributed by atoms with Crippen LogP contribution in [0.5, 0.6) is 5.75 Å². The van der Waals surface area contributed by atoms with Gasteiger partial charge in [-0.25, -0.2) is 9.59 Å². The maximum Gasteiger partial charge on any atom is 0.343 e. The summed E-state index contributed by atoms with van der Waals surface area (Å²) in [5.74, 6) is 0.593. The van der Waals surface area contributed by atoms with Gasteiger partial charge in [-0.2, -0.15) is 0 Å². The Morgan fingerprint density at radius 1 is 0.455 bits per heavy atom. The van der Waals surface area contributed by atoms with Crippen LogP contribution in [0, 0.1) is 23.7 Å². The Balaban J connectivity index is 1.60. The summed E-state index contributed by atoms with van der Waals surface area (Å²) >= 11 is 0. The minimum Gasteiger partial charge on any atom is -0.478 e. The first-order valence-electron chi connectivity index (χ1n) is 26.6. The standard InChI is InChI=1S/C62H82O4/c1-9-17-25-42(13-5)37-54-47-29-21-22-30-48(47)56(39-44(15-7)27-19-11-3)57-41-46(33-34-51(54)57)62(65)66-60-53(61(63)64)36-35-52-55(38-43(14-6)26-18-10-2)49-31-23-24-32-50(49)58(59(52)60)40-45(16-8)28-20-12-4/h21-24,29-36,41-45H,9-20,25-28,37-40H2,1-8H3,(H,63,64). The summed E-state index contributed by atoms with van der Waals surface area (Å²) in [5.41, 5.74) is 5.51. The van der Waals surface area contributed by atoms with Crippen molar-refractivity contribution in [3.8, 4) is 5.75 Å². The zero-order valence-corrected chi connectivity index (χ0v) is 42.1. The molecule has 0 radical (unpaired) electrons. The first kappa shape index (κ1) is 50.7. The molecule has 4 heteroatoms. The molecule has 1 N–H and O–H groups in total. The fourth-order valence-electron chi connectivity index (χ4n) is 11.1. The van der Waals surface area contributed by atoms with E-state index in [2.05, 4.69) is 116 Å². The van der Waals surface area contributed by atoms with Gasteiger partial charge in [-0.05, 0) is 128 Å². The summed E-state index contributed by atoms with van der Waals surface area (Å²) in [5, 5.41) is 20.1. The number of esters is 1. The maximum absolute atomic E-state index is 15.1. The van der Waals surface area contributed by atoms with E-state index in [0.29, 0.717) is 29.2 Å². The maximum atomic E-state index is 15.1. The normalized spacial score (nSPS) is 13.7. The first-order valence-corrected chi connectivity index (χ1v) is 26.6. The van der Waals surface area contributed by atoms with Crippen LogP contribution in [0.4, 0.5) is 0 Å². The third-order valence-electron chi connectivity index (χ3n) is 15.4. The molecule has 354 valence electrons. The molecule has 0 saturated heterocycles. The third-order valence-corrected chi connectivity index (χ3v) is 15.4. The predicted octanol–water partition coefficient (Wildman–Crippen LogP) is 18.3. The van der Waals surface area contributed by atoms with Crippen LogP contribution in [0.25, 0.3) is 43.1 Å². The van der Waals surface area contributed by atoms with Crippen LogP contribution in [0.15, 0.2) is 78.9 Å². The van der Waals surface area contributed by atoms with Gasteiger partial charge in [0, 0.05) is 5.39 Å². The number of rotatable bonds is 27. The van der Waals surface area contributed by atoms with Gasteiger partial charge in [-0.3, -0.25) is 0 Å². The van der Waals surface area contributed by atoms with E-state index in [4.69, 9.17) is 4.74 Å². The molecule has 6 aromatic carbocycles. The highest BCUT2D eigenvalue weighted by Crippen LogP contribution is 2.44. The highest BCUT2D eigenvalue weighted by molar-refractivity contribution is 6.13. The Labute approximate surface area is 398 Å². The number of ether oxygens (including phenoxy) is 1. The van der Waals surface area contributed by atoms with Gasteiger partial charge in [-0.1, -0.05) is 219 Å². The van der Waals surface area contributed by atoms with Crippen LogP contribution in [-0.4, -0.2) is 17.0 Å². The van der Waals surface area contributed by atoms with Crippen molar-refractivity contribution in [1.29, 1.82) is 0 Å². The van der Waals surface area contributed by atoms with Crippen molar-refractivity contribution in [2.45, 2.75) is 184 Å². The lowest BCUT2D eigenvalue weighted by molar-refractivity contribution is 0.0682. The Hall–Kier alpha value is -4.70. The van der Waals surface area contributed by atoms with Crippen molar-refractivity contribution in [3.05, 3.63) is 112 Å². The molecule has 0 aliphatic heterocycles.